The highest BCUT2D eigenvalue weighted by atomic mass is 14.5. The van der Waals surface area contributed by atoms with Crippen molar-refractivity contribution in [3.63, 3.8) is 0 Å². The highest BCUT2D eigenvalue weighted by molar-refractivity contribution is 6.36. The molecule has 0 nitrogen and oxygen atoms in total. The minimum Gasteiger partial charge on any atom is -0.0904 e. The third kappa shape index (κ3) is 1.13. The van der Waals surface area contributed by atoms with Crippen LogP contribution in [0.15, 0.2) is 0 Å². The molecule has 4 rings (SSSR count). The van der Waals surface area contributed by atoms with Gasteiger partial charge in [0.1, 0.15) is 0 Å². The third-order valence-corrected chi connectivity index (χ3v) is 5.31. The molecule has 4 aliphatic carbocycles. The summed E-state index contributed by atoms with van der Waals surface area (Å²) in [5.41, 5.74) is 1.75. The molecule has 4 bridgehead atoms. The monoisotopic (exact) mass is 174 g/mol. The van der Waals surface area contributed by atoms with Crippen molar-refractivity contribution in [3.8, 4) is 0 Å². The fourth-order valence-electron chi connectivity index (χ4n) is 4.88. The second-order valence-corrected chi connectivity index (χ2v) is 6.43. The highest BCUT2D eigenvalue weighted by Gasteiger charge is 2.51. The fourth-order valence-corrected chi connectivity index (χ4v) is 4.88. The highest BCUT2D eigenvalue weighted by Crippen LogP contribution is 2.62. The Kier molecular flexibility index (Phi) is 1.68. The van der Waals surface area contributed by atoms with Gasteiger partial charge in [-0.05, 0) is 61.7 Å². The van der Waals surface area contributed by atoms with Crippen LogP contribution < -0.4 is 0 Å². The third-order valence-electron chi connectivity index (χ3n) is 5.31. The zero-order valence-electron chi connectivity index (χ0n) is 9.05. The van der Waals surface area contributed by atoms with Crippen molar-refractivity contribution in [2.45, 2.75) is 44.2 Å². The van der Waals surface area contributed by atoms with E-state index in [4.69, 9.17) is 0 Å². The first-order valence-corrected chi connectivity index (χ1v) is 6.18. The molecule has 0 saturated heterocycles. The van der Waals surface area contributed by atoms with Crippen LogP contribution in [0.5, 0.6) is 0 Å². The summed E-state index contributed by atoms with van der Waals surface area (Å²) in [6, 6.07) is 0. The smallest absolute Gasteiger partial charge is 0.0904 e. The summed E-state index contributed by atoms with van der Waals surface area (Å²) in [5, 5.41) is 0. The van der Waals surface area contributed by atoms with Crippen molar-refractivity contribution in [2.75, 3.05) is 0 Å². The normalized spacial score (nSPS) is 53.2. The van der Waals surface area contributed by atoms with Gasteiger partial charge in [-0.25, -0.2) is 0 Å². The van der Waals surface area contributed by atoms with Gasteiger partial charge in [0.05, 0.1) is 15.7 Å². The summed E-state index contributed by atoms with van der Waals surface area (Å²) in [5.74, 6) is 3.40. The van der Waals surface area contributed by atoms with Crippen LogP contribution in [-0.4, -0.2) is 15.7 Å². The lowest BCUT2D eigenvalue weighted by Gasteiger charge is -2.59. The topological polar surface area (TPSA) is 0 Å². The van der Waals surface area contributed by atoms with E-state index < -0.39 is 0 Å². The SMILES string of the molecule is BC(B)C12CC3CC(CC(C3)C1)C2. The van der Waals surface area contributed by atoms with E-state index >= 15 is 0 Å². The second-order valence-electron chi connectivity index (χ2n) is 6.43. The van der Waals surface area contributed by atoms with E-state index in [0.29, 0.717) is 0 Å². The van der Waals surface area contributed by atoms with Gasteiger partial charge >= 0.3 is 0 Å². The van der Waals surface area contributed by atoms with E-state index in [-0.39, 0.29) is 0 Å². The zero-order chi connectivity index (χ0) is 9.05. The van der Waals surface area contributed by atoms with Gasteiger partial charge in [-0.15, -0.1) is 0 Å². The van der Waals surface area contributed by atoms with Gasteiger partial charge in [-0.2, -0.15) is 0 Å². The van der Waals surface area contributed by atoms with Gasteiger partial charge in [0.15, 0.2) is 0 Å². The van der Waals surface area contributed by atoms with Crippen LogP contribution in [0.1, 0.15) is 38.5 Å². The summed E-state index contributed by atoms with van der Waals surface area (Å²) in [6.07, 6.45) is 9.51. The van der Waals surface area contributed by atoms with E-state index in [1.165, 1.54) is 0 Å². The molecule has 70 valence electrons. The molecule has 0 atom stereocenters. The molecule has 0 aromatic carbocycles. The molecule has 0 radical (unpaired) electrons. The molecule has 0 aromatic heterocycles. The van der Waals surface area contributed by atoms with Gasteiger partial charge in [0.2, 0.25) is 0 Å². The molecule has 0 unspecified atom stereocenters. The lowest BCUT2D eigenvalue weighted by molar-refractivity contribution is -0.0458. The van der Waals surface area contributed by atoms with E-state index in [2.05, 4.69) is 15.7 Å². The van der Waals surface area contributed by atoms with Crippen LogP contribution in [0.4, 0.5) is 0 Å². The lowest BCUT2D eigenvalue weighted by Crippen LogP contribution is -2.48. The number of rotatable bonds is 1. The zero-order valence-corrected chi connectivity index (χ0v) is 9.05. The molecule has 0 aliphatic heterocycles. The maximum absolute atomic E-state index is 2.47. The van der Waals surface area contributed by atoms with Crippen molar-refractivity contribution in [1.29, 1.82) is 0 Å². The molecule has 4 saturated carbocycles. The average molecular weight is 174 g/mol. The van der Waals surface area contributed by atoms with Gasteiger partial charge in [0.25, 0.3) is 0 Å². The second kappa shape index (κ2) is 2.58. The quantitative estimate of drug-likeness (QED) is 0.524. The van der Waals surface area contributed by atoms with Crippen molar-refractivity contribution in [3.05, 3.63) is 0 Å². The van der Waals surface area contributed by atoms with Gasteiger partial charge in [-0.1, -0.05) is 5.72 Å². The van der Waals surface area contributed by atoms with Gasteiger partial charge in [-0.3, -0.25) is 0 Å². The molecule has 13 heavy (non-hydrogen) atoms. The van der Waals surface area contributed by atoms with Crippen LogP contribution in [0.25, 0.3) is 0 Å². The van der Waals surface area contributed by atoms with Crippen LogP contribution in [-0.2, 0) is 0 Å². The van der Waals surface area contributed by atoms with E-state index in [1.54, 1.807) is 38.5 Å². The molecular formula is C11H20B2. The van der Waals surface area contributed by atoms with E-state index in [9.17, 15) is 0 Å². The molecule has 0 N–H and O–H groups in total. The summed E-state index contributed by atoms with van der Waals surface area (Å²) >= 11 is 0. The summed E-state index contributed by atoms with van der Waals surface area (Å²) in [4.78, 5) is 0. The molecule has 0 aromatic rings. The Labute approximate surface area is 83.7 Å². The Hall–Kier alpha value is 0.130. The van der Waals surface area contributed by atoms with Gasteiger partial charge < -0.3 is 0 Å². The molecule has 0 amide bonds. The average Bonchev–Trinajstić information content (AvgIpc) is 2.00. The predicted molar refractivity (Wildman–Crippen MR) is 61.4 cm³/mol. The molecule has 2 heteroatoms. The lowest BCUT2D eigenvalue weighted by atomic mass is 9.40. The van der Waals surface area contributed by atoms with E-state index in [1.807, 2.05) is 0 Å². The largest absolute Gasteiger partial charge is 0.0963 e. The van der Waals surface area contributed by atoms with Crippen molar-refractivity contribution >= 4 is 15.7 Å². The number of hydrogen-bond donors (Lipinski definition) is 0. The minimum absolute atomic E-state index is 0.800. The van der Waals surface area contributed by atoms with Crippen LogP contribution in [0, 0.1) is 23.2 Å². The van der Waals surface area contributed by atoms with Crippen molar-refractivity contribution in [2.24, 2.45) is 23.2 Å². The first kappa shape index (κ1) is 8.44. The summed E-state index contributed by atoms with van der Waals surface area (Å²) < 4.78 is 0. The maximum atomic E-state index is 2.47. The Morgan fingerprint density at radius 3 is 1.54 bits per heavy atom. The summed E-state index contributed by atoms with van der Waals surface area (Å²) in [6.45, 7) is 0. The molecule has 0 heterocycles. The molecule has 0 spiro atoms. The maximum Gasteiger partial charge on any atom is 0.0963 e. The molecule has 4 aliphatic rings. The number of hydrogen-bond acceptors (Lipinski definition) is 0. The Balaban J connectivity index is 1.91. The Morgan fingerprint density at radius 2 is 1.23 bits per heavy atom. The molecule has 4 fully saturated rings. The Morgan fingerprint density at radius 1 is 0.846 bits per heavy atom. The molecular weight excluding hydrogens is 154 g/mol. The van der Waals surface area contributed by atoms with Crippen LogP contribution in [0.2, 0.25) is 5.72 Å². The van der Waals surface area contributed by atoms with Crippen molar-refractivity contribution in [1.82, 2.24) is 0 Å². The fraction of sp³-hybridized carbons (Fsp3) is 1.00. The first-order chi connectivity index (χ1) is 6.18. The minimum atomic E-state index is 0.800. The van der Waals surface area contributed by atoms with Crippen LogP contribution in [0.3, 0.4) is 0 Å². The van der Waals surface area contributed by atoms with Crippen molar-refractivity contribution < 1.29 is 0 Å². The van der Waals surface area contributed by atoms with Crippen LogP contribution >= 0.6 is 0 Å². The standard InChI is InChI=1S/C11H20B2/c12-10(13)11-4-7-1-8(5-11)3-9(2-7)6-11/h7-10H,1-6,12-13H2. The van der Waals surface area contributed by atoms with E-state index in [0.717, 1.165) is 28.9 Å². The predicted octanol–water partition coefficient (Wildman–Crippen LogP) is 1.22. The Bertz CT molecular complexity index is 187. The summed E-state index contributed by atoms with van der Waals surface area (Å²) in [7, 11) is 4.93. The first-order valence-electron chi connectivity index (χ1n) is 6.18. The van der Waals surface area contributed by atoms with Gasteiger partial charge in [0, 0.05) is 0 Å².